The van der Waals surface area contributed by atoms with Gasteiger partial charge in [0, 0.05) is 5.92 Å². The largest absolute Gasteiger partial charge is 0.460 e. The van der Waals surface area contributed by atoms with Crippen LogP contribution in [0, 0.1) is 17.6 Å². The quantitative estimate of drug-likeness (QED) is 0.683. The molecule has 0 aromatic carbocycles. The molecule has 2 aromatic rings. The third kappa shape index (κ3) is 2.03. The monoisotopic (exact) mass is 262 g/mol. The van der Waals surface area contributed by atoms with Crippen molar-refractivity contribution in [3.63, 3.8) is 0 Å². The molecule has 0 bridgehead atoms. The minimum Gasteiger partial charge on any atom is -0.460 e. The molecular formula is C12H14N4OS. The average Bonchev–Trinajstić information content (AvgIpc) is 2.76. The van der Waals surface area contributed by atoms with E-state index in [2.05, 4.69) is 22.2 Å². The van der Waals surface area contributed by atoms with E-state index in [0.717, 1.165) is 23.3 Å². The second kappa shape index (κ2) is 4.20. The molecule has 1 saturated carbocycles. The van der Waals surface area contributed by atoms with Crippen molar-refractivity contribution in [3.8, 4) is 0 Å². The van der Waals surface area contributed by atoms with Gasteiger partial charge in [0.2, 0.25) is 4.77 Å². The predicted octanol–water partition coefficient (Wildman–Crippen LogP) is 2.85. The van der Waals surface area contributed by atoms with Gasteiger partial charge in [-0.2, -0.15) is 14.9 Å². The van der Waals surface area contributed by atoms with Crippen LogP contribution in [0.5, 0.6) is 0 Å². The summed E-state index contributed by atoms with van der Waals surface area (Å²) >= 11 is 5.06. The minimum absolute atomic E-state index is 0.478. The Morgan fingerprint density at radius 2 is 2.39 bits per heavy atom. The molecule has 0 radical (unpaired) electrons. The van der Waals surface area contributed by atoms with Gasteiger partial charge < -0.3 is 4.42 Å². The Hall–Kier alpha value is -1.69. The highest BCUT2D eigenvalue weighted by atomic mass is 32.1. The lowest BCUT2D eigenvalue weighted by atomic mass is 10.3. The first-order chi connectivity index (χ1) is 8.65. The van der Waals surface area contributed by atoms with Gasteiger partial charge in [0.05, 0.1) is 6.21 Å². The number of hydrogen-bond acceptors (Lipinski definition) is 4. The summed E-state index contributed by atoms with van der Waals surface area (Å²) in [6.07, 6.45) is 2.88. The highest BCUT2D eigenvalue weighted by molar-refractivity contribution is 7.71. The molecule has 0 unspecified atom stereocenters. The number of H-pyrrole nitrogens is 1. The van der Waals surface area contributed by atoms with Gasteiger partial charge in [-0.05, 0) is 43.6 Å². The van der Waals surface area contributed by atoms with Crippen LogP contribution in [-0.2, 0) is 0 Å². The van der Waals surface area contributed by atoms with Crippen molar-refractivity contribution >= 4 is 18.4 Å². The summed E-state index contributed by atoms with van der Waals surface area (Å²) in [6, 6.07) is 3.96. The zero-order valence-electron chi connectivity index (χ0n) is 10.3. The number of hydrogen-bond donors (Lipinski definition) is 1. The Kier molecular flexibility index (Phi) is 2.66. The molecule has 1 fully saturated rings. The van der Waals surface area contributed by atoms with Crippen LogP contribution in [0.15, 0.2) is 21.7 Å². The molecule has 0 aliphatic heterocycles. The maximum absolute atomic E-state index is 5.73. The molecule has 18 heavy (non-hydrogen) atoms. The first kappa shape index (κ1) is 11.4. The minimum atomic E-state index is 0.478. The van der Waals surface area contributed by atoms with E-state index < -0.39 is 0 Å². The summed E-state index contributed by atoms with van der Waals surface area (Å²) in [4.78, 5) is 0. The number of nitrogens with zero attached hydrogens (tertiary/aromatic N) is 3. The number of aryl methyl sites for hydroxylation is 1. The summed E-state index contributed by atoms with van der Waals surface area (Å²) in [7, 11) is 0. The Bertz CT molecular complexity index is 651. The third-order valence-corrected chi connectivity index (χ3v) is 3.50. The molecule has 2 atom stereocenters. The topological polar surface area (TPSA) is 59.1 Å². The van der Waals surface area contributed by atoms with Crippen LogP contribution in [-0.4, -0.2) is 21.1 Å². The van der Waals surface area contributed by atoms with Gasteiger partial charge >= 0.3 is 0 Å². The van der Waals surface area contributed by atoms with Gasteiger partial charge in [0.1, 0.15) is 17.3 Å². The van der Waals surface area contributed by atoms with Gasteiger partial charge in [-0.1, -0.05) is 6.92 Å². The van der Waals surface area contributed by atoms with Crippen molar-refractivity contribution in [2.24, 2.45) is 11.0 Å². The molecule has 0 saturated heterocycles. The first-order valence-electron chi connectivity index (χ1n) is 5.93. The molecular weight excluding hydrogens is 248 g/mol. The fourth-order valence-corrected chi connectivity index (χ4v) is 2.20. The highest BCUT2D eigenvalue weighted by Crippen LogP contribution is 2.47. The van der Waals surface area contributed by atoms with Crippen LogP contribution in [0.1, 0.15) is 36.6 Å². The molecule has 0 spiro atoms. The van der Waals surface area contributed by atoms with Crippen molar-refractivity contribution < 1.29 is 4.42 Å². The first-order valence-corrected chi connectivity index (χ1v) is 6.34. The number of rotatable bonds is 3. The molecule has 3 rings (SSSR count). The standard InChI is InChI=1S/C12H14N4OS/c1-7-5-10(7)11-4-3-9(17-11)6-13-16-8(2)14-15-12(16)18/h3-4,6-7,10H,5H2,1-2H3,(H,15,18)/b13-6-/t7-,10-/m0/s1. The van der Waals surface area contributed by atoms with Crippen LogP contribution in [0.3, 0.4) is 0 Å². The molecule has 1 aliphatic carbocycles. The smallest absolute Gasteiger partial charge is 0.216 e. The van der Waals surface area contributed by atoms with Gasteiger partial charge in [-0.15, -0.1) is 0 Å². The third-order valence-electron chi connectivity index (χ3n) is 3.24. The van der Waals surface area contributed by atoms with E-state index in [1.165, 1.54) is 6.42 Å². The van der Waals surface area contributed by atoms with Gasteiger partial charge in [-0.3, -0.25) is 5.10 Å². The van der Waals surface area contributed by atoms with Crippen molar-refractivity contribution in [1.29, 1.82) is 0 Å². The van der Waals surface area contributed by atoms with E-state index in [1.54, 1.807) is 10.9 Å². The van der Waals surface area contributed by atoms with E-state index in [4.69, 9.17) is 16.6 Å². The van der Waals surface area contributed by atoms with E-state index in [1.807, 2.05) is 19.1 Å². The molecule has 2 aromatic heterocycles. The Morgan fingerprint density at radius 3 is 3.00 bits per heavy atom. The predicted molar refractivity (Wildman–Crippen MR) is 70.4 cm³/mol. The second-order valence-electron chi connectivity index (χ2n) is 4.69. The Labute approximate surface area is 110 Å². The summed E-state index contributed by atoms with van der Waals surface area (Å²) in [5, 5.41) is 10.9. The van der Waals surface area contributed by atoms with E-state index in [0.29, 0.717) is 10.7 Å². The molecule has 5 nitrogen and oxygen atoms in total. The summed E-state index contributed by atoms with van der Waals surface area (Å²) < 4.78 is 7.77. The van der Waals surface area contributed by atoms with Crippen molar-refractivity contribution in [1.82, 2.24) is 14.9 Å². The summed E-state index contributed by atoms with van der Waals surface area (Å²) in [5.41, 5.74) is 0. The number of aromatic amines is 1. The van der Waals surface area contributed by atoms with Crippen LogP contribution in [0.2, 0.25) is 0 Å². The number of nitrogens with one attached hydrogen (secondary N) is 1. The van der Waals surface area contributed by atoms with Crippen LogP contribution in [0.25, 0.3) is 0 Å². The zero-order chi connectivity index (χ0) is 12.7. The van der Waals surface area contributed by atoms with Crippen molar-refractivity contribution in [3.05, 3.63) is 34.2 Å². The van der Waals surface area contributed by atoms with Crippen molar-refractivity contribution in [2.75, 3.05) is 0 Å². The zero-order valence-corrected chi connectivity index (χ0v) is 11.1. The van der Waals surface area contributed by atoms with E-state index >= 15 is 0 Å². The second-order valence-corrected chi connectivity index (χ2v) is 5.08. The SMILES string of the molecule is Cc1n[nH]c(=S)n1/N=C\c1ccc([C@H]2C[C@@H]2C)o1. The van der Waals surface area contributed by atoms with Gasteiger partial charge in [0.15, 0.2) is 0 Å². The van der Waals surface area contributed by atoms with Crippen LogP contribution < -0.4 is 0 Å². The molecule has 0 amide bonds. The molecule has 2 heterocycles. The summed E-state index contributed by atoms with van der Waals surface area (Å²) in [6.45, 7) is 4.07. The van der Waals surface area contributed by atoms with Gasteiger partial charge in [-0.25, -0.2) is 0 Å². The lowest BCUT2D eigenvalue weighted by Gasteiger charge is -1.93. The maximum atomic E-state index is 5.73. The lowest BCUT2D eigenvalue weighted by Crippen LogP contribution is -1.93. The fourth-order valence-electron chi connectivity index (χ4n) is 1.98. The Morgan fingerprint density at radius 1 is 1.61 bits per heavy atom. The number of furan rings is 1. The summed E-state index contributed by atoms with van der Waals surface area (Å²) in [5.74, 6) is 3.84. The maximum Gasteiger partial charge on any atom is 0.216 e. The number of aromatic nitrogens is 3. The molecule has 1 aliphatic rings. The Balaban J connectivity index is 1.80. The molecule has 6 heteroatoms. The van der Waals surface area contributed by atoms with E-state index in [9.17, 15) is 0 Å². The van der Waals surface area contributed by atoms with Crippen LogP contribution >= 0.6 is 12.2 Å². The van der Waals surface area contributed by atoms with Gasteiger partial charge in [0.25, 0.3) is 0 Å². The van der Waals surface area contributed by atoms with Crippen molar-refractivity contribution in [2.45, 2.75) is 26.2 Å². The highest BCUT2D eigenvalue weighted by Gasteiger charge is 2.36. The fraction of sp³-hybridized carbons (Fsp3) is 0.417. The molecule has 1 N–H and O–H groups in total. The van der Waals surface area contributed by atoms with E-state index in [-0.39, 0.29) is 0 Å². The molecule has 94 valence electrons. The average molecular weight is 262 g/mol. The van der Waals surface area contributed by atoms with Crippen LogP contribution in [0.4, 0.5) is 0 Å². The normalized spacial score (nSPS) is 22.8. The lowest BCUT2D eigenvalue weighted by molar-refractivity contribution is 0.500.